The molecule has 1 saturated carbocycles. The number of piperidine rings is 1. The Balaban J connectivity index is 1.28. The number of hydrogen-bond donors (Lipinski definition) is 3. The SMILES string of the molecule is CCCCN1C(=O)[C@@H]([C@H](O)C2CCCCC2)NC(=O)C12CCN(Cc1cccc(-c3cccc(C(=O)O)c3)c1)CC2. The molecule has 8 heteroatoms. The van der Waals surface area contributed by atoms with Crippen LogP contribution in [0.25, 0.3) is 11.1 Å². The highest BCUT2D eigenvalue weighted by Crippen LogP contribution is 2.36. The minimum atomic E-state index is -0.946. The molecule has 5 rings (SSSR count). The van der Waals surface area contributed by atoms with Crippen LogP contribution in [0.1, 0.15) is 80.6 Å². The number of benzene rings is 2. The summed E-state index contributed by atoms with van der Waals surface area (Å²) >= 11 is 0. The van der Waals surface area contributed by atoms with Gasteiger partial charge in [-0.3, -0.25) is 14.5 Å². The lowest BCUT2D eigenvalue weighted by Gasteiger charge is -2.52. The number of carbonyl (C=O) groups excluding carboxylic acids is 2. The molecule has 2 atom stereocenters. The highest BCUT2D eigenvalue weighted by molar-refractivity contribution is 6.00. The van der Waals surface area contributed by atoms with Gasteiger partial charge in [-0.15, -0.1) is 0 Å². The molecule has 0 aromatic heterocycles. The van der Waals surface area contributed by atoms with Crippen LogP contribution in [0.15, 0.2) is 48.5 Å². The summed E-state index contributed by atoms with van der Waals surface area (Å²) < 4.78 is 0. The van der Waals surface area contributed by atoms with E-state index in [4.69, 9.17) is 0 Å². The predicted molar refractivity (Wildman–Crippen MR) is 157 cm³/mol. The summed E-state index contributed by atoms with van der Waals surface area (Å²) in [4.78, 5) is 43.2. The van der Waals surface area contributed by atoms with E-state index in [1.165, 1.54) is 6.42 Å². The highest BCUT2D eigenvalue weighted by atomic mass is 16.4. The van der Waals surface area contributed by atoms with Crippen LogP contribution in [0.2, 0.25) is 0 Å². The molecule has 1 aliphatic carbocycles. The van der Waals surface area contributed by atoms with Crippen LogP contribution in [0.3, 0.4) is 0 Å². The van der Waals surface area contributed by atoms with Crippen molar-refractivity contribution in [1.82, 2.24) is 15.1 Å². The molecule has 2 aromatic carbocycles. The van der Waals surface area contributed by atoms with E-state index in [-0.39, 0.29) is 23.3 Å². The second-order valence-corrected chi connectivity index (χ2v) is 12.1. The molecule has 2 saturated heterocycles. The first-order valence-corrected chi connectivity index (χ1v) is 15.3. The Morgan fingerprint density at radius 3 is 2.39 bits per heavy atom. The van der Waals surface area contributed by atoms with Crippen LogP contribution in [-0.4, -0.2) is 75.1 Å². The summed E-state index contributed by atoms with van der Waals surface area (Å²) in [6.45, 7) is 4.68. The first kappa shape index (κ1) is 29.3. The molecule has 0 unspecified atom stereocenters. The predicted octanol–water partition coefficient (Wildman–Crippen LogP) is 4.45. The van der Waals surface area contributed by atoms with Gasteiger partial charge in [0.2, 0.25) is 11.8 Å². The number of carboxylic acid groups (broad SMARTS) is 1. The van der Waals surface area contributed by atoms with Gasteiger partial charge in [0.25, 0.3) is 0 Å². The standard InChI is InChI=1S/C33H43N3O5/c1-2-3-17-36-30(38)28(29(37)24-10-5-4-6-11-24)34-32(41)33(36)15-18-35(19-16-33)22-23-9-7-12-25(20-23)26-13-8-14-27(21-26)31(39)40/h7-9,12-14,20-21,24,28-29,37H,2-6,10-11,15-19,22H2,1H3,(H,34,41)(H,39,40)/t28-,29-/m1/s1. The monoisotopic (exact) mass is 561 g/mol. The van der Waals surface area contributed by atoms with Crippen molar-refractivity contribution < 1.29 is 24.6 Å². The number of nitrogens with one attached hydrogen (secondary N) is 1. The molecule has 220 valence electrons. The van der Waals surface area contributed by atoms with E-state index in [1.54, 1.807) is 18.2 Å². The van der Waals surface area contributed by atoms with Crippen LogP contribution in [-0.2, 0) is 16.1 Å². The van der Waals surface area contributed by atoms with E-state index in [0.717, 1.165) is 55.2 Å². The van der Waals surface area contributed by atoms with Gasteiger partial charge < -0.3 is 20.4 Å². The largest absolute Gasteiger partial charge is 0.478 e. The number of nitrogens with zero attached hydrogens (tertiary/aromatic N) is 2. The highest BCUT2D eigenvalue weighted by Gasteiger charge is 2.55. The van der Waals surface area contributed by atoms with E-state index in [9.17, 15) is 24.6 Å². The number of carbonyl (C=O) groups is 3. The van der Waals surface area contributed by atoms with E-state index in [2.05, 4.69) is 29.3 Å². The van der Waals surface area contributed by atoms with Crippen LogP contribution in [0.4, 0.5) is 0 Å². The average Bonchev–Trinajstić information content (AvgIpc) is 3.00. The number of likely N-dealkylation sites (tertiary alicyclic amines) is 1. The number of carboxylic acids is 1. The molecule has 3 N–H and O–H groups in total. The summed E-state index contributed by atoms with van der Waals surface area (Å²) in [6.07, 6.45) is 7.13. The quantitative estimate of drug-likeness (QED) is 0.417. The van der Waals surface area contributed by atoms with Gasteiger partial charge in [0.15, 0.2) is 0 Å². The lowest BCUT2D eigenvalue weighted by Crippen LogP contribution is -2.75. The number of rotatable bonds is 9. The van der Waals surface area contributed by atoms with Crippen molar-refractivity contribution in [2.75, 3.05) is 19.6 Å². The summed E-state index contributed by atoms with van der Waals surface area (Å²) in [5.41, 5.74) is 2.32. The van der Waals surface area contributed by atoms with E-state index in [0.29, 0.717) is 39.0 Å². The Morgan fingerprint density at radius 2 is 1.71 bits per heavy atom. The summed E-state index contributed by atoms with van der Waals surface area (Å²) in [5.74, 6) is -1.13. The Labute approximate surface area is 242 Å². The molecule has 2 aliphatic heterocycles. The van der Waals surface area contributed by atoms with Gasteiger partial charge in [-0.05, 0) is 72.9 Å². The van der Waals surface area contributed by atoms with E-state index in [1.807, 2.05) is 23.1 Å². The van der Waals surface area contributed by atoms with Crippen molar-refractivity contribution in [3.63, 3.8) is 0 Å². The minimum Gasteiger partial charge on any atom is -0.478 e. The van der Waals surface area contributed by atoms with Gasteiger partial charge in [-0.25, -0.2) is 4.79 Å². The first-order valence-electron chi connectivity index (χ1n) is 15.3. The molecule has 3 aliphatic rings. The molecule has 41 heavy (non-hydrogen) atoms. The number of aliphatic hydroxyl groups excluding tert-OH is 1. The van der Waals surface area contributed by atoms with Crippen LogP contribution < -0.4 is 5.32 Å². The number of hydrogen-bond acceptors (Lipinski definition) is 5. The van der Waals surface area contributed by atoms with Gasteiger partial charge in [0, 0.05) is 26.2 Å². The van der Waals surface area contributed by atoms with Crippen molar-refractivity contribution in [3.05, 3.63) is 59.7 Å². The van der Waals surface area contributed by atoms with Crippen molar-refractivity contribution >= 4 is 17.8 Å². The molecule has 0 radical (unpaired) electrons. The maximum absolute atomic E-state index is 13.8. The second-order valence-electron chi connectivity index (χ2n) is 12.1. The molecule has 1 spiro atoms. The zero-order valence-corrected chi connectivity index (χ0v) is 24.1. The normalized spacial score (nSPS) is 22.5. The third-order valence-corrected chi connectivity index (χ3v) is 9.43. The average molecular weight is 562 g/mol. The number of piperazine rings is 1. The first-order chi connectivity index (χ1) is 19.8. The smallest absolute Gasteiger partial charge is 0.335 e. The van der Waals surface area contributed by atoms with E-state index >= 15 is 0 Å². The summed E-state index contributed by atoms with van der Waals surface area (Å²) in [6, 6.07) is 14.2. The molecular formula is C33H43N3O5. The van der Waals surface area contributed by atoms with Crippen molar-refractivity contribution in [3.8, 4) is 11.1 Å². The number of aliphatic hydroxyl groups is 1. The van der Waals surface area contributed by atoms with Crippen LogP contribution >= 0.6 is 0 Å². The molecule has 2 aromatic rings. The molecule has 8 nitrogen and oxygen atoms in total. The van der Waals surface area contributed by atoms with Gasteiger partial charge in [0.1, 0.15) is 11.6 Å². The molecule has 2 amide bonds. The zero-order chi connectivity index (χ0) is 29.0. The van der Waals surface area contributed by atoms with Crippen molar-refractivity contribution in [1.29, 1.82) is 0 Å². The Kier molecular flexibility index (Phi) is 9.09. The zero-order valence-electron chi connectivity index (χ0n) is 24.1. The molecule has 0 bridgehead atoms. The number of amides is 2. The third kappa shape index (κ3) is 6.19. The fraction of sp³-hybridized carbons (Fsp3) is 0.545. The minimum absolute atomic E-state index is 0.0595. The molecule has 3 fully saturated rings. The van der Waals surface area contributed by atoms with Crippen molar-refractivity contribution in [2.45, 2.75) is 88.9 Å². The van der Waals surface area contributed by atoms with Gasteiger partial charge in [-0.2, -0.15) is 0 Å². The van der Waals surface area contributed by atoms with E-state index < -0.39 is 23.7 Å². The molecular weight excluding hydrogens is 518 g/mol. The maximum atomic E-state index is 13.8. The lowest BCUT2D eigenvalue weighted by molar-refractivity contribution is -0.166. The fourth-order valence-corrected chi connectivity index (χ4v) is 6.98. The summed E-state index contributed by atoms with van der Waals surface area (Å²) in [7, 11) is 0. The van der Waals surface area contributed by atoms with Gasteiger partial charge in [0.05, 0.1) is 11.7 Å². The third-order valence-electron chi connectivity index (χ3n) is 9.43. The fourth-order valence-electron chi connectivity index (χ4n) is 6.98. The van der Waals surface area contributed by atoms with Crippen LogP contribution in [0.5, 0.6) is 0 Å². The summed E-state index contributed by atoms with van der Waals surface area (Å²) in [5, 5.41) is 23.5. The lowest BCUT2D eigenvalue weighted by atomic mass is 9.78. The number of aromatic carboxylic acids is 1. The van der Waals surface area contributed by atoms with Crippen molar-refractivity contribution in [2.24, 2.45) is 5.92 Å². The Hall–Kier alpha value is -3.23. The Bertz CT molecular complexity index is 1250. The topological polar surface area (TPSA) is 110 Å². The second kappa shape index (κ2) is 12.7. The maximum Gasteiger partial charge on any atom is 0.335 e. The van der Waals surface area contributed by atoms with Gasteiger partial charge >= 0.3 is 5.97 Å². The van der Waals surface area contributed by atoms with Gasteiger partial charge in [-0.1, -0.05) is 62.9 Å². The number of unbranched alkanes of at least 4 members (excludes halogenated alkanes) is 1. The van der Waals surface area contributed by atoms with Crippen LogP contribution in [0, 0.1) is 5.92 Å². The molecule has 2 heterocycles. The Morgan fingerprint density at radius 1 is 1.02 bits per heavy atom.